The van der Waals surface area contributed by atoms with Crippen LogP contribution in [-0.2, 0) is 5.41 Å². The molecule has 12 aromatic rings. The van der Waals surface area contributed by atoms with Crippen LogP contribution in [0.15, 0.2) is 259 Å². The standard InChI is InChI=1S/C65H42N2O/c1-5-17-45(18-6-1)60-42-61(67-64(66-60)46-19-7-2-8-20-46)51-38-49(37-50(39-51)48-34-36-63-57(41-48)55-26-14-16-28-62(55)68-63)44-31-29-43(30-32-44)47-33-35-59-56(40-47)54-25-13-15-27-58(54)65(59,52-21-9-3-10-22-52)53-23-11-4-12-24-53/h1-42H. The lowest BCUT2D eigenvalue weighted by Crippen LogP contribution is -2.28. The monoisotopic (exact) mass is 866 g/mol. The van der Waals surface area contributed by atoms with Crippen LogP contribution in [0.2, 0.25) is 0 Å². The summed E-state index contributed by atoms with van der Waals surface area (Å²) < 4.78 is 6.26. The molecule has 13 rings (SSSR count). The molecule has 68 heavy (non-hydrogen) atoms. The minimum absolute atomic E-state index is 0.428. The van der Waals surface area contributed by atoms with E-state index in [1.807, 2.05) is 36.4 Å². The summed E-state index contributed by atoms with van der Waals surface area (Å²) in [6, 6.07) is 91.4. The lowest BCUT2D eigenvalue weighted by atomic mass is 9.67. The molecule has 1 aliphatic rings. The van der Waals surface area contributed by atoms with Crippen molar-refractivity contribution in [2.45, 2.75) is 5.41 Å². The molecule has 0 radical (unpaired) electrons. The zero-order valence-corrected chi connectivity index (χ0v) is 37.1. The fourth-order valence-electron chi connectivity index (χ4n) is 10.6. The second-order valence-corrected chi connectivity index (χ2v) is 17.7. The average molecular weight is 867 g/mol. The number of hydrogen-bond acceptors (Lipinski definition) is 3. The van der Waals surface area contributed by atoms with E-state index in [2.05, 4.69) is 218 Å². The maximum atomic E-state index is 6.26. The lowest BCUT2D eigenvalue weighted by Gasteiger charge is -2.33. The summed E-state index contributed by atoms with van der Waals surface area (Å²) in [6.07, 6.45) is 0. The predicted molar refractivity (Wildman–Crippen MR) is 279 cm³/mol. The Hall–Kier alpha value is -8.92. The summed E-state index contributed by atoms with van der Waals surface area (Å²) in [7, 11) is 0. The van der Waals surface area contributed by atoms with Crippen molar-refractivity contribution in [3.05, 3.63) is 277 Å². The van der Waals surface area contributed by atoms with Gasteiger partial charge in [0.15, 0.2) is 5.82 Å². The number of rotatable bonds is 8. The van der Waals surface area contributed by atoms with Crippen LogP contribution in [0.25, 0.3) is 100 Å². The van der Waals surface area contributed by atoms with Gasteiger partial charge in [0.1, 0.15) is 11.2 Å². The first-order chi connectivity index (χ1) is 33.7. The maximum absolute atomic E-state index is 6.26. The molecule has 0 N–H and O–H groups in total. The fourth-order valence-corrected chi connectivity index (χ4v) is 10.6. The van der Waals surface area contributed by atoms with Gasteiger partial charge in [-0.15, -0.1) is 0 Å². The molecule has 2 heterocycles. The van der Waals surface area contributed by atoms with E-state index < -0.39 is 5.41 Å². The van der Waals surface area contributed by atoms with Crippen molar-refractivity contribution >= 4 is 21.9 Å². The van der Waals surface area contributed by atoms with Crippen molar-refractivity contribution in [3.63, 3.8) is 0 Å². The van der Waals surface area contributed by atoms with Crippen LogP contribution >= 0.6 is 0 Å². The third-order valence-corrected chi connectivity index (χ3v) is 13.8. The third kappa shape index (κ3) is 6.59. The molecule has 1 aliphatic carbocycles. The molecule has 0 unspecified atom stereocenters. The van der Waals surface area contributed by atoms with Crippen LogP contribution < -0.4 is 0 Å². The Balaban J connectivity index is 0.947. The first-order valence-electron chi connectivity index (χ1n) is 23.2. The molecule has 3 heteroatoms. The summed E-state index contributed by atoms with van der Waals surface area (Å²) in [5.41, 5.74) is 20.5. The van der Waals surface area contributed by atoms with Crippen LogP contribution in [0.5, 0.6) is 0 Å². The molecule has 0 saturated carbocycles. The number of nitrogens with zero attached hydrogens (tertiary/aromatic N) is 2. The molecule has 10 aromatic carbocycles. The van der Waals surface area contributed by atoms with Gasteiger partial charge in [0.25, 0.3) is 0 Å². The topological polar surface area (TPSA) is 38.9 Å². The highest BCUT2D eigenvalue weighted by molar-refractivity contribution is 6.06. The molecule has 0 amide bonds. The van der Waals surface area contributed by atoms with Crippen molar-refractivity contribution in [2.24, 2.45) is 0 Å². The molecule has 0 saturated heterocycles. The van der Waals surface area contributed by atoms with Gasteiger partial charge < -0.3 is 4.42 Å². The van der Waals surface area contributed by atoms with Crippen LogP contribution in [0.3, 0.4) is 0 Å². The Kier molecular flexibility index (Phi) is 9.40. The Morgan fingerprint density at radius 3 is 1.47 bits per heavy atom. The second kappa shape index (κ2) is 16.2. The summed E-state index contributed by atoms with van der Waals surface area (Å²) in [6.45, 7) is 0. The Labute approximate surface area is 395 Å². The second-order valence-electron chi connectivity index (χ2n) is 17.7. The van der Waals surface area contributed by atoms with Gasteiger partial charge in [-0.1, -0.05) is 206 Å². The minimum Gasteiger partial charge on any atom is -0.456 e. The van der Waals surface area contributed by atoms with E-state index in [1.54, 1.807) is 0 Å². The number of fused-ring (bicyclic) bond motifs is 6. The van der Waals surface area contributed by atoms with Crippen LogP contribution in [0.1, 0.15) is 22.3 Å². The molecule has 0 spiro atoms. The van der Waals surface area contributed by atoms with Gasteiger partial charge in [-0.05, 0) is 115 Å². The quantitative estimate of drug-likeness (QED) is 0.153. The van der Waals surface area contributed by atoms with Gasteiger partial charge in [-0.3, -0.25) is 0 Å². The van der Waals surface area contributed by atoms with Gasteiger partial charge in [0.05, 0.1) is 16.8 Å². The SMILES string of the molecule is c1ccc(-c2cc(-c3cc(-c4ccc(-c5ccc6c(c5)-c5ccccc5C6(c5ccccc5)c5ccccc5)cc4)cc(-c4ccc5oc6ccccc6c5c4)c3)nc(-c3ccccc3)n2)cc1. The first-order valence-corrected chi connectivity index (χ1v) is 23.2. The van der Waals surface area contributed by atoms with E-state index in [0.29, 0.717) is 5.82 Å². The van der Waals surface area contributed by atoms with E-state index >= 15 is 0 Å². The molecule has 2 aromatic heterocycles. The molecular weight excluding hydrogens is 825 g/mol. The highest BCUT2D eigenvalue weighted by atomic mass is 16.3. The lowest BCUT2D eigenvalue weighted by molar-refractivity contribution is 0.669. The summed E-state index contributed by atoms with van der Waals surface area (Å²) >= 11 is 0. The third-order valence-electron chi connectivity index (χ3n) is 13.8. The van der Waals surface area contributed by atoms with Crippen LogP contribution in [0.4, 0.5) is 0 Å². The number of benzene rings is 10. The fraction of sp³-hybridized carbons (Fsp3) is 0.0154. The Morgan fingerprint density at radius 2 is 0.765 bits per heavy atom. The Bertz CT molecular complexity index is 3720. The Morgan fingerprint density at radius 1 is 0.279 bits per heavy atom. The van der Waals surface area contributed by atoms with Gasteiger partial charge in [0, 0.05) is 27.5 Å². The maximum Gasteiger partial charge on any atom is 0.160 e. The summed E-state index contributed by atoms with van der Waals surface area (Å²) in [4.78, 5) is 10.4. The first kappa shape index (κ1) is 39.4. The van der Waals surface area contributed by atoms with Gasteiger partial charge >= 0.3 is 0 Å². The number of para-hydroxylation sites is 1. The van der Waals surface area contributed by atoms with E-state index in [0.717, 1.165) is 77.8 Å². The molecule has 0 fully saturated rings. The molecule has 318 valence electrons. The van der Waals surface area contributed by atoms with Crippen molar-refractivity contribution in [3.8, 4) is 78.4 Å². The highest BCUT2D eigenvalue weighted by Gasteiger charge is 2.46. The number of hydrogen-bond donors (Lipinski definition) is 0. The molecule has 3 nitrogen and oxygen atoms in total. The smallest absolute Gasteiger partial charge is 0.160 e. The van der Waals surface area contributed by atoms with Gasteiger partial charge in [0.2, 0.25) is 0 Å². The number of aromatic nitrogens is 2. The normalized spacial score (nSPS) is 12.5. The van der Waals surface area contributed by atoms with E-state index in [1.165, 1.54) is 38.9 Å². The molecule has 0 bridgehead atoms. The van der Waals surface area contributed by atoms with Crippen molar-refractivity contribution < 1.29 is 4.42 Å². The highest BCUT2D eigenvalue weighted by Crippen LogP contribution is 2.56. The van der Waals surface area contributed by atoms with Gasteiger partial charge in [-0.25, -0.2) is 9.97 Å². The molecule has 0 aliphatic heterocycles. The van der Waals surface area contributed by atoms with E-state index in [-0.39, 0.29) is 0 Å². The summed E-state index contributed by atoms with van der Waals surface area (Å²) in [5, 5.41) is 2.20. The van der Waals surface area contributed by atoms with Crippen molar-refractivity contribution in [1.82, 2.24) is 9.97 Å². The number of furan rings is 1. The summed E-state index contributed by atoms with van der Waals surface area (Å²) in [5.74, 6) is 0.686. The predicted octanol–water partition coefficient (Wildman–Crippen LogP) is 16.7. The van der Waals surface area contributed by atoms with E-state index in [4.69, 9.17) is 14.4 Å². The van der Waals surface area contributed by atoms with Crippen molar-refractivity contribution in [2.75, 3.05) is 0 Å². The molecular formula is C65H42N2O. The van der Waals surface area contributed by atoms with E-state index in [9.17, 15) is 0 Å². The zero-order chi connectivity index (χ0) is 45.0. The van der Waals surface area contributed by atoms with Crippen molar-refractivity contribution in [1.29, 1.82) is 0 Å². The molecule has 0 atom stereocenters. The largest absolute Gasteiger partial charge is 0.456 e. The average Bonchev–Trinajstić information content (AvgIpc) is 3.95. The van der Waals surface area contributed by atoms with Crippen LogP contribution in [-0.4, -0.2) is 9.97 Å². The minimum atomic E-state index is -0.428. The van der Waals surface area contributed by atoms with Crippen LogP contribution in [0, 0.1) is 0 Å². The zero-order valence-electron chi connectivity index (χ0n) is 37.1. The van der Waals surface area contributed by atoms with Gasteiger partial charge in [-0.2, -0.15) is 0 Å².